The molecule has 1 saturated heterocycles. The molecule has 0 radical (unpaired) electrons. The number of aliphatic hydroxyl groups excluding tert-OH is 1. The van der Waals surface area contributed by atoms with Gasteiger partial charge in [-0.25, -0.2) is 0 Å². The van der Waals surface area contributed by atoms with Gasteiger partial charge in [0.25, 0.3) is 5.56 Å². The normalized spacial score (nSPS) is 27.3. The summed E-state index contributed by atoms with van der Waals surface area (Å²) in [5, 5.41) is 9.51. The smallest absolute Gasteiger partial charge is 0.250 e. The van der Waals surface area contributed by atoms with Crippen LogP contribution in [-0.4, -0.2) is 40.3 Å². The summed E-state index contributed by atoms with van der Waals surface area (Å²) in [7, 11) is 0. The fourth-order valence-corrected chi connectivity index (χ4v) is 3.52. The van der Waals surface area contributed by atoms with Gasteiger partial charge in [0.15, 0.2) is 0 Å². The number of aliphatic hydroxyl groups is 1. The molecule has 0 spiro atoms. The van der Waals surface area contributed by atoms with Crippen molar-refractivity contribution in [3.05, 3.63) is 34.2 Å². The van der Waals surface area contributed by atoms with E-state index in [-0.39, 0.29) is 24.1 Å². The molecule has 1 N–H and O–H groups in total. The molecule has 1 unspecified atom stereocenters. The second-order valence-corrected chi connectivity index (χ2v) is 5.77. The van der Waals surface area contributed by atoms with E-state index in [4.69, 9.17) is 0 Å². The molecule has 5 heteroatoms. The molecule has 1 aromatic heterocycles. The lowest BCUT2D eigenvalue weighted by Crippen LogP contribution is -2.48. The molecule has 0 saturated carbocycles. The van der Waals surface area contributed by atoms with Crippen molar-refractivity contribution in [2.75, 3.05) is 19.6 Å². The topological polar surface area (TPSA) is 45.5 Å². The van der Waals surface area contributed by atoms with Crippen molar-refractivity contribution in [1.29, 1.82) is 0 Å². The minimum atomic E-state index is -0.276. The van der Waals surface area contributed by atoms with Crippen LogP contribution in [0, 0.1) is 5.92 Å². The van der Waals surface area contributed by atoms with Crippen LogP contribution in [0.4, 0.5) is 0 Å². The van der Waals surface area contributed by atoms with Crippen molar-refractivity contribution in [3.8, 4) is 0 Å². The van der Waals surface area contributed by atoms with Crippen LogP contribution < -0.4 is 5.56 Å². The molecule has 2 bridgehead atoms. The Morgan fingerprint density at radius 3 is 2.89 bits per heavy atom. The third-order valence-electron chi connectivity index (χ3n) is 4.08. The van der Waals surface area contributed by atoms with Crippen LogP contribution >= 0.6 is 12.4 Å². The Morgan fingerprint density at radius 2 is 2.16 bits per heavy atom. The van der Waals surface area contributed by atoms with E-state index in [2.05, 4.69) is 11.0 Å². The number of hydrogen-bond donors (Lipinski definition) is 1. The Kier molecular flexibility index (Phi) is 4.33. The van der Waals surface area contributed by atoms with Crippen molar-refractivity contribution < 1.29 is 5.11 Å². The number of β-amino-alcohol motifs (C(OH)–C–C–N with tert-alkyl or cyclic N) is 1. The molecule has 0 amide bonds. The summed E-state index contributed by atoms with van der Waals surface area (Å²) in [4.78, 5) is 14.2. The van der Waals surface area contributed by atoms with Gasteiger partial charge in [0.05, 0.1) is 6.10 Å². The van der Waals surface area contributed by atoms with Gasteiger partial charge in [-0.2, -0.15) is 0 Å². The number of hydrogen-bond acceptors (Lipinski definition) is 3. The highest BCUT2D eigenvalue weighted by Gasteiger charge is 2.34. The summed E-state index contributed by atoms with van der Waals surface area (Å²) in [6.07, 6.45) is 0.904. The zero-order valence-corrected chi connectivity index (χ0v) is 12.0. The number of rotatable bonds is 2. The molecule has 1 aromatic rings. The summed E-state index contributed by atoms with van der Waals surface area (Å²) in [6.45, 7) is 5.38. The maximum absolute atomic E-state index is 11.9. The first-order valence-electron chi connectivity index (χ1n) is 6.73. The molecular formula is C14H21ClN2O2. The monoisotopic (exact) mass is 284 g/mol. The molecule has 3 heterocycles. The Hall–Kier alpha value is -0.840. The first-order chi connectivity index (χ1) is 8.63. The predicted molar refractivity (Wildman–Crippen MR) is 76.9 cm³/mol. The number of aromatic nitrogens is 1. The second-order valence-electron chi connectivity index (χ2n) is 5.77. The molecule has 0 aliphatic carbocycles. The number of likely N-dealkylation sites (tertiary alicyclic amines) is 1. The number of pyridine rings is 1. The molecule has 0 aromatic carbocycles. The third-order valence-corrected chi connectivity index (χ3v) is 4.08. The number of fused-ring (bicyclic) bond motifs is 4. The summed E-state index contributed by atoms with van der Waals surface area (Å²) in [5.74, 6) is 1.00. The Morgan fingerprint density at radius 1 is 1.37 bits per heavy atom. The van der Waals surface area contributed by atoms with Gasteiger partial charge in [0.1, 0.15) is 0 Å². The van der Waals surface area contributed by atoms with Crippen molar-refractivity contribution in [2.24, 2.45) is 5.92 Å². The second kappa shape index (κ2) is 5.65. The van der Waals surface area contributed by atoms with Crippen LogP contribution in [0.5, 0.6) is 0 Å². The molecule has 19 heavy (non-hydrogen) atoms. The standard InChI is InChI=1S/C14H20N2O2.ClH/c1-10(17)6-15-7-11-5-12(9-15)13-3-2-4-14(18)16(13)8-11;/h2-4,10-12,17H,5-9H2,1H3;1H/t10?,11-,12+;/m0./s1. The molecule has 3 atom stereocenters. The molecule has 4 nitrogen and oxygen atoms in total. The zero-order valence-electron chi connectivity index (χ0n) is 11.2. The minimum Gasteiger partial charge on any atom is -0.392 e. The van der Waals surface area contributed by atoms with Gasteiger partial charge in [0.2, 0.25) is 0 Å². The van der Waals surface area contributed by atoms with Gasteiger partial charge < -0.3 is 9.67 Å². The molecule has 2 aliphatic rings. The van der Waals surface area contributed by atoms with E-state index in [0.717, 1.165) is 26.2 Å². The van der Waals surface area contributed by atoms with Crippen LogP contribution in [0.3, 0.4) is 0 Å². The highest BCUT2D eigenvalue weighted by Crippen LogP contribution is 2.34. The summed E-state index contributed by atoms with van der Waals surface area (Å²) >= 11 is 0. The van der Waals surface area contributed by atoms with Crippen LogP contribution in [0.2, 0.25) is 0 Å². The van der Waals surface area contributed by atoms with Crippen LogP contribution in [0.1, 0.15) is 25.0 Å². The maximum atomic E-state index is 11.9. The van der Waals surface area contributed by atoms with E-state index in [1.165, 1.54) is 12.1 Å². The van der Waals surface area contributed by atoms with Crippen molar-refractivity contribution >= 4 is 12.4 Å². The van der Waals surface area contributed by atoms with E-state index < -0.39 is 0 Å². The highest BCUT2D eigenvalue weighted by molar-refractivity contribution is 5.85. The molecule has 2 aliphatic heterocycles. The highest BCUT2D eigenvalue weighted by atomic mass is 35.5. The molecule has 3 rings (SSSR count). The van der Waals surface area contributed by atoms with E-state index in [0.29, 0.717) is 11.8 Å². The molecular weight excluding hydrogens is 264 g/mol. The van der Waals surface area contributed by atoms with Crippen molar-refractivity contribution in [2.45, 2.75) is 31.9 Å². The first kappa shape index (κ1) is 14.6. The van der Waals surface area contributed by atoms with Crippen LogP contribution in [-0.2, 0) is 6.54 Å². The number of halogens is 1. The van der Waals surface area contributed by atoms with Crippen LogP contribution in [0.25, 0.3) is 0 Å². The SMILES string of the molecule is CC(O)CN1C[C@@H]2C[C@H](C1)c1cccc(=O)n1C2.Cl. The average molecular weight is 285 g/mol. The summed E-state index contributed by atoms with van der Waals surface area (Å²) < 4.78 is 1.94. The lowest BCUT2D eigenvalue weighted by Gasteiger charge is -2.43. The van der Waals surface area contributed by atoms with Gasteiger partial charge in [-0.3, -0.25) is 9.69 Å². The van der Waals surface area contributed by atoms with Gasteiger partial charge >= 0.3 is 0 Å². The Labute approximate surface area is 119 Å². The summed E-state index contributed by atoms with van der Waals surface area (Å²) in [6, 6.07) is 5.59. The maximum Gasteiger partial charge on any atom is 0.250 e. The lowest BCUT2D eigenvalue weighted by molar-refractivity contribution is 0.0700. The van der Waals surface area contributed by atoms with E-state index in [9.17, 15) is 9.90 Å². The predicted octanol–water partition coefficient (Wildman–Crippen LogP) is 1.07. The number of nitrogens with zero attached hydrogens (tertiary/aromatic N) is 2. The third kappa shape index (κ3) is 2.86. The van der Waals surface area contributed by atoms with Gasteiger partial charge in [-0.15, -0.1) is 12.4 Å². The van der Waals surface area contributed by atoms with E-state index in [1.54, 1.807) is 6.07 Å². The Balaban J connectivity index is 0.00000133. The van der Waals surface area contributed by atoms with Crippen molar-refractivity contribution in [1.82, 2.24) is 9.47 Å². The van der Waals surface area contributed by atoms with Crippen molar-refractivity contribution in [3.63, 3.8) is 0 Å². The zero-order chi connectivity index (χ0) is 12.7. The average Bonchev–Trinajstić information content (AvgIpc) is 2.29. The lowest BCUT2D eigenvalue weighted by atomic mass is 9.83. The fourth-order valence-electron chi connectivity index (χ4n) is 3.52. The molecule has 1 fully saturated rings. The minimum absolute atomic E-state index is 0. The Bertz CT molecular complexity index is 500. The largest absolute Gasteiger partial charge is 0.392 e. The first-order valence-corrected chi connectivity index (χ1v) is 6.73. The summed E-state index contributed by atoms with van der Waals surface area (Å²) in [5.41, 5.74) is 1.31. The fraction of sp³-hybridized carbons (Fsp3) is 0.643. The quantitative estimate of drug-likeness (QED) is 0.884. The van der Waals surface area contributed by atoms with Gasteiger partial charge in [-0.1, -0.05) is 6.07 Å². The van der Waals surface area contributed by atoms with Gasteiger partial charge in [-0.05, 0) is 25.3 Å². The van der Waals surface area contributed by atoms with Crippen LogP contribution in [0.15, 0.2) is 23.0 Å². The number of piperidine rings is 1. The molecule has 106 valence electrons. The van der Waals surface area contributed by atoms with E-state index in [1.807, 2.05) is 17.6 Å². The van der Waals surface area contributed by atoms with E-state index >= 15 is 0 Å². The van der Waals surface area contributed by atoms with Gasteiger partial charge in [0, 0.05) is 43.9 Å².